The predicted molar refractivity (Wildman–Crippen MR) is 77.3 cm³/mol. The van der Waals surface area contributed by atoms with Crippen LogP contribution >= 0.6 is 0 Å². The maximum atomic E-state index is 5.78. The smallest absolute Gasteiger partial charge is 0.00771 e. The van der Waals surface area contributed by atoms with Gasteiger partial charge in [0.15, 0.2) is 0 Å². The van der Waals surface area contributed by atoms with E-state index in [-0.39, 0.29) is 0 Å². The predicted octanol–water partition coefficient (Wildman–Crippen LogP) is 4.36. The summed E-state index contributed by atoms with van der Waals surface area (Å²) in [5, 5.41) is 0. The van der Waals surface area contributed by atoms with Crippen molar-refractivity contribution in [2.75, 3.05) is 6.54 Å². The molecule has 4 fully saturated rings. The van der Waals surface area contributed by atoms with Gasteiger partial charge in [-0.3, -0.25) is 0 Å². The van der Waals surface area contributed by atoms with Crippen molar-refractivity contribution >= 4 is 0 Å². The molecule has 0 saturated heterocycles. The quantitative estimate of drug-likeness (QED) is 0.790. The second kappa shape index (κ2) is 3.98. The van der Waals surface area contributed by atoms with E-state index in [2.05, 4.69) is 20.8 Å². The lowest BCUT2D eigenvalue weighted by Crippen LogP contribution is -2.56. The minimum atomic E-state index is 0.499. The van der Waals surface area contributed by atoms with Crippen LogP contribution in [0.5, 0.6) is 0 Å². The maximum absolute atomic E-state index is 5.78. The van der Waals surface area contributed by atoms with E-state index < -0.39 is 0 Å². The van der Waals surface area contributed by atoms with Gasteiger partial charge < -0.3 is 5.73 Å². The van der Waals surface area contributed by atoms with Gasteiger partial charge in [0.1, 0.15) is 0 Å². The average molecular weight is 249 g/mol. The zero-order valence-corrected chi connectivity index (χ0v) is 12.6. The van der Waals surface area contributed by atoms with Crippen LogP contribution in [0.4, 0.5) is 0 Å². The molecule has 4 aliphatic rings. The minimum Gasteiger partial charge on any atom is -0.330 e. The van der Waals surface area contributed by atoms with Crippen LogP contribution in [-0.2, 0) is 0 Å². The van der Waals surface area contributed by atoms with Crippen LogP contribution in [0.3, 0.4) is 0 Å². The van der Waals surface area contributed by atoms with Crippen molar-refractivity contribution in [1.82, 2.24) is 0 Å². The molecule has 4 rings (SSSR count). The highest BCUT2D eigenvalue weighted by atomic mass is 14.7. The molecule has 2 N–H and O–H groups in total. The van der Waals surface area contributed by atoms with Crippen LogP contribution < -0.4 is 5.73 Å². The molecular formula is C17H31N. The summed E-state index contributed by atoms with van der Waals surface area (Å²) in [7, 11) is 0. The molecule has 0 heterocycles. The molecule has 0 aromatic heterocycles. The van der Waals surface area contributed by atoms with Crippen LogP contribution in [0.1, 0.15) is 72.1 Å². The second-order valence-corrected chi connectivity index (χ2v) is 8.88. The van der Waals surface area contributed by atoms with Crippen molar-refractivity contribution in [3.05, 3.63) is 0 Å². The molecule has 104 valence electrons. The monoisotopic (exact) mass is 249 g/mol. The summed E-state index contributed by atoms with van der Waals surface area (Å²) in [5.41, 5.74) is 7.62. The summed E-state index contributed by atoms with van der Waals surface area (Å²) in [5.74, 6) is 2.09. The SMILES string of the molecule is CC(C)(C)C12CC3CC(CC(CCCN)(C3)C1)C2. The second-order valence-electron chi connectivity index (χ2n) is 8.88. The fourth-order valence-corrected chi connectivity index (χ4v) is 6.10. The fraction of sp³-hybridized carbons (Fsp3) is 1.00. The van der Waals surface area contributed by atoms with E-state index in [1.807, 2.05) is 0 Å². The number of hydrogen-bond acceptors (Lipinski definition) is 1. The van der Waals surface area contributed by atoms with Gasteiger partial charge in [0.25, 0.3) is 0 Å². The van der Waals surface area contributed by atoms with E-state index in [0.717, 1.165) is 18.4 Å². The lowest BCUT2D eigenvalue weighted by Gasteiger charge is -2.66. The van der Waals surface area contributed by atoms with Crippen molar-refractivity contribution in [2.45, 2.75) is 72.1 Å². The highest BCUT2D eigenvalue weighted by molar-refractivity contribution is 5.10. The summed E-state index contributed by atoms with van der Waals surface area (Å²) in [6.07, 6.45) is 11.8. The Morgan fingerprint density at radius 2 is 1.67 bits per heavy atom. The highest BCUT2D eigenvalue weighted by Gasteiger charge is 2.60. The Kier molecular flexibility index (Phi) is 2.86. The van der Waals surface area contributed by atoms with Gasteiger partial charge in [-0.1, -0.05) is 20.8 Å². The zero-order chi connectivity index (χ0) is 13.0. The molecular weight excluding hydrogens is 218 g/mol. The van der Waals surface area contributed by atoms with Gasteiger partial charge in [0, 0.05) is 0 Å². The fourth-order valence-electron chi connectivity index (χ4n) is 6.10. The van der Waals surface area contributed by atoms with Crippen molar-refractivity contribution in [1.29, 1.82) is 0 Å². The summed E-state index contributed by atoms with van der Waals surface area (Å²) in [6, 6.07) is 0. The normalized spacial score (nSPS) is 46.7. The molecule has 0 amide bonds. The molecule has 4 saturated carbocycles. The van der Waals surface area contributed by atoms with Crippen LogP contribution in [0.15, 0.2) is 0 Å². The molecule has 18 heavy (non-hydrogen) atoms. The Hall–Kier alpha value is -0.0400. The number of nitrogens with two attached hydrogens (primary N) is 1. The minimum absolute atomic E-state index is 0.499. The average Bonchev–Trinajstić information content (AvgIpc) is 2.23. The molecule has 2 atom stereocenters. The summed E-state index contributed by atoms with van der Waals surface area (Å²) >= 11 is 0. The van der Waals surface area contributed by atoms with Crippen molar-refractivity contribution in [3.63, 3.8) is 0 Å². The molecule has 1 nitrogen and oxygen atoms in total. The summed E-state index contributed by atoms with van der Waals surface area (Å²) in [4.78, 5) is 0. The van der Waals surface area contributed by atoms with Gasteiger partial charge in [0.2, 0.25) is 0 Å². The Balaban J connectivity index is 1.88. The van der Waals surface area contributed by atoms with Crippen LogP contribution in [0.2, 0.25) is 0 Å². The maximum Gasteiger partial charge on any atom is -0.00771 e. The summed E-state index contributed by atoms with van der Waals surface area (Å²) in [6.45, 7) is 8.38. The standard InChI is InChI=1S/C17H31N/c1-15(2,3)17-10-13-7-14(11-17)9-16(8-13,12-17)5-4-6-18/h13-14H,4-12,18H2,1-3H3. The lowest BCUT2D eigenvalue weighted by molar-refractivity contribution is -0.159. The third kappa shape index (κ3) is 1.85. The molecule has 4 aliphatic carbocycles. The molecule has 2 unspecified atom stereocenters. The van der Waals surface area contributed by atoms with Gasteiger partial charge in [-0.2, -0.15) is 0 Å². The molecule has 4 bridgehead atoms. The van der Waals surface area contributed by atoms with Crippen LogP contribution in [-0.4, -0.2) is 6.54 Å². The molecule has 0 radical (unpaired) electrons. The van der Waals surface area contributed by atoms with Crippen LogP contribution in [0, 0.1) is 28.1 Å². The Bertz CT molecular complexity index is 311. The Labute approximate surface area is 113 Å². The third-order valence-corrected chi connectivity index (χ3v) is 6.68. The molecule has 0 aromatic carbocycles. The topological polar surface area (TPSA) is 26.0 Å². The van der Waals surface area contributed by atoms with Gasteiger partial charge in [-0.25, -0.2) is 0 Å². The number of rotatable bonds is 3. The Morgan fingerprint density at radius 1 is 1.06 bits per heavy atom. The lowest BCUT2D eigenvalue weighted by atomic mass is 9.39. The van der Waals surface area contributed by atoms with Gasteiger partial charge in [-0.05, 0) is 86.0 Å². The molecule has 0 aromatic rings. The van der Waals surface area contributed by atoms with E-state index in [9.17, 15) is 0 Å². The van der Waals surface area contributed by atoms with E-state index in [1.165, 1.54) is 44.9 Å². The first-order chi connectivity index (χ1) is 8.38. The summed E-state index contributed by atoms with van der Waals surface area (Å²) < 4.78 is 0. The van der Waals surface area contributed by atoms with Gasteiger partial charge in [0.05, 0.1) is 0 Å². The third-order valence-electron chi connectivity index (χ3n) is 6.68. The molecule has 1 heteroatoms. The first kappa shape index (κ1) is 13.0. The van der Waals surface area contributed by atoms with E-state index in [4.69, 9.17) is 5.73 Å². The van der Waals surface area contributed by atoms with Crippen molar-refractivity contribution in [2.24, 2.45) is 33.8 Å². The highest BCUT2D eigenvalue weighted by Crippen LogP contribution is 2.70. The van der Waals surface area contributed by atoms with Gasteiger partial charge in [-0.15, -0.1) is 0 Å². The van der Waals surface area contributed by atoms with Crippen molar-refractivity contribution in [3.8, 4) is 0 Å². The zero-order valence-electron chi connectivity index (χ0n) is 12.6. The number of hydrogen-bond donors (Lipinski definition) is 1. The molecule has 0 spiro atoms. The Morgan fingerprint density at radius 3 is 2.17 bits per heavy atom. The molecule has 0 aliphatic heterocycles. The largest absolute Gasteiger partial charge is 0.330 e. The van der Waals surface area contributed by atoms with Crippen LogP contribution in [0.25, 0.3) is 0 Å². The first-order valence-corrected chi connectivity index (χ1v) is 8.08. The van der Waals surface area contributed by atoms with E-state index in [0.29, 0.717) is 16.2 Å². The first-order valence-electron chi connectivity index (χ1n) is 8.08. The van der Waals surface area contributed by atoms with Gasteiger partial charge >= 0.3 is 0 Å². The van der Waals surface area contributed by atoms with E-state index in [1.54, 1.807) is 6.42 Å². The van der Waals surface area contributed by atoms with E-state index >= 15 is 0 Å². The van der Waals surface area contributed by atoms with Crippen molar-refractivity contribution < 1.29 is 0 Å².